The van der Waals surface area contributed by atoms with Crippen LogP contribution in [0.25, 0.3) is 76.5 Å². The molecule has 13 rings (SSSR count). The molecule has 1 atom stereocenters. The second kappa shape index (κ2) is 14.3. The Bertz CT molecular complexity index is 3730. The van der Waals surface area contributed by atoms with Crippen LogP contribution < -0.4 is 15.3 Å². The van der Waals surface area contributed by atoms with Crippen LogP contribution in [0.2, 0.25) is 0 Å². The molecule has 0 amide bonds. The van der Waals surface area contributed by atoms with Gasteiger partial charge in [-0.25, -0.2) is 0 Å². The van der Waals surface area contributed by atoms with Crippen LogP contribution in [-0.2, 0) is 0 Å². The number of benzene rings is 11. The summed E-state index contributed by atoms with van der Waals surface area (Å²) in [6, 6.07) is 85.8. The zero-order valence-corrected chi connectivity index (χ0v) is 34.7. The number of hydrogen-bond acceptors (Lipinski definition) is 1. The zero-order valence-electron chi connectivity index (χ0n) is 34.7. The van der Waals surface area contributed by atoms with E-state index in [1.54, 1.807) is 0 Å². The van der Waals surface area contributed by atoms with Gasteiger partial charge in [0.05, 0.1) is 5.69 Å². The van der Waals surface area contributed by atoms with Gasteiger partial charge in [-0.3, -0.25) is 0 Å². The lowest BCUT2D eigenvalue weighted by Crippen LogP contribution is -2.37. The van der Waals surface area contributed by atoms with Crippen molar-refractivity contribution in [3.05, 3.63) is 258 Å². The molecule has 1 nitrogen and oxygen atoms in total. The van der Waals surface area contributed by atoms with Crippen molar-refractivity contribution < 1.29 is 0 Å². The first kappa shape index (κ1) is 35.7. The molecule has 0 spiro atoms. The predicted octanol–water partition coefficient (Wildman–Crippen LogP) is 15.0. The number of rotatable bonds is 6. The van der Waals surface area contributed by atoms with Gasteiger partial charge in [-0.1, -0.05) is 200 Å². The molecule has 0 fully saturated rings. The molecule has 0 saturated carbocycles. The SMILES string of the molecule is c1ccc(C2=c3c(c4ccc(N(c5ccc6ccccc6c5)c5ccc6c7c(cccc57)-c5ccccc5-6)cc4c4ccccc34)=C(c3ccccc3)C(c3ccccc3)C2)cc1. The number of anilines is 3. The maximum Gasteiger partial charge on any atom is 0.0540 e. The fourth-order valence-corrected chi connectivity index (χ4v) is 11.1. The Morgan fingerprint density at radius 3 is 1.70 bits per heavy atom. The molecule has 2 aliphatic rings. The van der Waals surface area contributed by atoms with Gasteiger partial charge in [0.2, 0.25) is 0 Å². The van der Waals surface area contributed by atoms with E-state index in [2.05, 4.69) is 235 Å². The van der Waals surface area contributed by atoms with Crippen molar-refractivity contribution in [2.75, 3.05) is 4.90 Å². The largest absolute Gasteiger partial charge is 0.310 e. The molecule has 1 heteroatoms. The van der Waals surface area contributed by atoms with Crippen molar-refractivity contribution in [1.82, 2.24) is 0 Å². The van der Waals surface area contributed by atoms with Crippen LogP contribution in [0.5, 0.6) is 0 Å². The Balaban J connectivity index is 1.16. The molecular formula is C62H41N. The highest BCUT2D eigenvalue weighted by Gasteiger charge is 2.29. The van der Waals surface area contributed by atoms with Gasteiger partial charge in [0, 0.05) is 22.7 Å². The molecule has 0 N–H and O–H groups in total. The van der Waals surface area contributed by atoms with E-state index in [0.29, 0.717) is 0 Å². The number of hydrogen-bond donors (Lipinski definition) is 0. The average Bonchev–Trinajstić information content (AvgIpc) is 3.69. The van der Waals surface area contributed by atoms with Gasteiger partial charge in [0.25, 0.3) is 0 Å². The monoisotopic (exact) mass is 799 g/mol. The summed E-state index contributed by atoms with van der Waals surface area (Å²) in [5.41, 5.74) is 15.3. The molecule has 294 valence electrons. The lowest BCUT2D eigenvalue weighted by atomic mass is 9.74. The molecular weight excluding hydrogens is 759 g/mol. The van der Waals surface area contributed by atoms with Gasteiger partial charge in [-0.2, -0.15) is 0 Å². The molecule has 0 aromatic heterocycles. The van der Waals surface area contributed by atoms with E-state index in [4.69, 9.17) is 0 Å². The van der Waals surface area contributed by atoms with Gasteiger partial charge >= 0.3 is 0 Å². The molecule has 0 radical (unpaired) electrons. The van der Waals surface area contributed by atoms with Crippen molar-refractivity contribution in [2.24, 2.45) is 0 Å². The summed E-state index contributed by atoms with van der Waals surface area (Å²) in [6.07, 6.45) is 0.906. The predicted molar refractivity (Wildman–Crippen MR) is 267 cm³/mol. The van der Waals surface area contributed by atoms with Gasteiger partial charge in [-0.05, 0) is 135 Å². The second-order valence-corrected chi connectivity index (χ2v) is 17.1. The Labute approximate surface area is 366 Å². The molecule has 63 heavy (non-hydrogen) atoms. The second-order valence-electron chi connectivity index (χ2n) is 17.1. The normalized spacial score (nSPS) is 14.1. The number of nitrogens with zero attached hydrogens (tertiary/aromatic N) is 1. The van der Waals surface area contributed by atoms with Crippen molar-refractivity contribution in [3.8, 4) is 22.3 Å². The third-order valence-electron chi connectivity index (χ3n) is 13.8. The van der Waals surface area contributed by atoms with E-state index < -0.39 is 0 Å². The molecule has 11 aromatic rings. The summed E-state index contributed by atoms with van der Waals surface area (Å²) in [7, 11) is 0. The molecule has 11 aromatic carbocycles. The highest BCUT2D eigenvalue weighted by Crippen LogP contribution is 2.51. The highest BCUT2D eigenvalue weighted by molar-refractivity contribution is 6.19. The summed E-state index contributed by atoms with van der Waals surface area (Å²) >= 11 is 0. The van der Waals surface area contributed by atoms with E-state index in [0.717, 1.165) is 17.8 Å². The van der Waals surface area contributed by atoms with Gasteiger partial charge in [-0.15, -0.1) is 0 Å². The maximum absolute atomic E-state index is 2.50. The Kier molecular flexibility index (Phi) is 8.11. The minimum Gasteiger partial charge on any atom is -0.310 e. The van der Waals surface area contributed by atoms with Crippen LogP contribution in [0.4, 0.5) is 17.1 Å². The van der Waals surface area contributed by atoms with Gasteiger partial charge < -0.3 is 4.90 Å². The van der Waals surface area contributed by atoms with Crippen LogP contribution >= 0.6 is 0 Å². The first-order chi connectivity index (χ1) is 31.3. The number of fused-ring (bicyclic) bond motifs is 10. The third kappa shape index (κ3) is 5.56. The fraction of sp³-hybridized carbons (Fsp3) is 0.0323. The topological polar surface area (TPSA) is 3.24 Å². The summed E-state index contributed by atoms with van der Waals surface area (Å²) in [5.74, 6) is 0.159. The fourth-order valence-electron chi connectivity index (χ4n) is 11.1. The minimum atomic E-state index is 0.159. The van der Waals surface area contributed by atoms with E-state index >= 15 is 0 Å². The first-order valence-electron chi connectivity index (χ1n) is 22.1. The minimum absolute atomic E-state index is 0.159. The van der Waals surface area contributed by atoms with Crippen LogP contribution in [-0.4, -0.2) is 0 Å². The first-order valence-corrected chi connectivity index (χ1v) is 22.1. The van der Waals surface area contributed by atoms with Crippen molar-refractivity contribution >= 4 is 71.3 Å². The molecule has 0 heterocycles. The van der Waals surface area contributed by atoms with E-state index in [1.807, 2.05) is 0 Å². The third-order valence-corrected chi connectivity index (χ3v) is 13.8. The van der Waals surface area contributed by atoms with E-state index in [-0.39, 0.29) is 5.92 Å². The summed E-state index contributed by atoms with van der Waals surface area (Å²) in [6.45, 7) is 0. The van der Waals surface area contributed by atoms with Crippen LogP contribution in [0.1, 0.15) is 29.0 Å². The van der Waals surface area contributed by atoms with Gasteiger partial charge in [0.1, 0.15) is 0 Å². The van der Waals surface area contributed by atoms with E-state index in [1.165, 1.54) is 109 Å². The Hall–Kier alpha value is -8.00. The Morgan fingerprint density at radius 1 is 0.349 bits per heavy atom. The molecule has 1 unspecified atom stereocenters. The molecule has 0 saturated heterocycles. The smallest absolute Gasteiger partial charge is 0.0540 e. The zero-order chi connectivity index (χ0) is 41.4. The van der Waals surface area contributed by atoms with Crippen LogP contribution in [0, 0.1) is 0 Å². The van der Waals surface area contributed by atoms with Crippen LogP contribution in [0.3, 0.4) is 0 Å². The molecule has 0 bridgehead atoms. The van der Waals surface area contributed by atoms with E-state index in [9.17, 15) is 0 Å². The van der Waals surface area contributed by atoms with Crippen LogP contribution in [0.15, 0.2) is 231 Å². The lowest BCUT2D eigenvalue weighted by Gasteiger charge is -2.30. The molecule has 0 aliphatic heterocycles. The van der Waals surface area contributed by atoms with Gasteiger partial charge in [0.15, 0.2) is 0 Å². The summed E-state index contributed by atoms with van der Waals surface area (Å²) in [5, 5.41) is 12.8. The lowest BCUT2D eigenvalue weighted by molar-refractivity contribution is 0.876. The maximum atomic E-state index is 2.50. The summed E-state index contributed by atoms with van der Waals surface area (Å²) in [4.78, 5) is 2.50. The average molecular weight is 800 g/mol. The highest BCUT2D eigenvalue weighted by atomic mass is 15.1. The standard InChI is InChI=1S/C62H41N/c1-4-18-41(19-5-1)55-39-56(42-20-6-2-7-21-42)61-51-28-15-14-27-49(51)57-38-46(33-34-53(57)62(61)59(55)43-22-8-3-9-23-43)63(45-32-31-40-17-10-11-24-44(40)37-45)58-36-35-52-48-26-13-12-25-47(48)50-29-16-30-54(58)60(50)52/h1-38,55H,39H2. The quantitative estimate of drug-likeness (QED) is 0.151. The van der Waals surface area contributed by atoms with Crippen molar-refractivity contribution in [3.63, 3.8) is 0 Å². The van der Waals surface area contributed by atoms with Crippen molar-refractivity contribution in [2.45, 2.75) is 12.3 Å². The molecule has 2 aliphatic carbocycles. The van der Waals surface area contributed by atoms with Crippen molar-refractivity contribution in [1.29, 1.82) is 0 Å². The Morgan fingerprint density at radius 2 is 0.921 bits per heavy atom. The summed E-state index contributed by atoms with van der Waals surface area (Å²) < 4.78 is 0.